The first kappa shape index (κ1) is 22.1. The molecule has 0 saturated heterocycles. The molecule has 1 amide bonds. The predicted molar refractivity (Wildman–Crippen MR) is 130 cm³/mol. The van der Waals surface area contributed by atoms with Gasteiger partial charge in [0.05, 0.1) is 28.6 Å². The van der Waals surface area contributed by atoms with E-state index in [-0.39, 0.29) is 17.2 Å². The molecule has 3 aromatic carbocycles. The van der Waals surface area contributed by atoms with Gasteiger partial charge in [-0.1, -0.05) is 59.2 Å². The number of halogens is 2. The van der Waals surface area contributed by atoms with Crippen LogP contribution in [0.15, 0.2) is 87.8 Å². The Labute approximate surface area is 197 Å². The lowest BCUT2D eigenvalue weighted by molar-refractivity contribution is -0.118. The first-order chi connectivity index (χ1) is 15.5. The van der Waals surface area contributed by atoms with Crippen molar-refractivity contribution < 1.29 is 4.79 Å². The van der Waals surface area contributed by atoms with Gasteiger partial charge in [0, 0.05) is 10.0 Å². The van der Waals surface area contributed by atoms with Crippen LogP contribution >= 0.6 is 35.0 Å². The van der Waals surface area contributed by atoms with E-state index in [9.17, 15) is 9.59 Å². The maximum absolute atomic E-state index is 13.2. The summed E-state index contributed by atoms with van der Waals surface area (Å²) in [6.07, 6.45) is 1.52. The average Bonchev–Trinajstić information content (AvgIpc) is 2.80. The highest BCUT2D eigenvalue weighted by atomic mass is 35.5. The van der Waals surface area contributed by atoms with Gasteiger partial charge in [-0.25, -0.2) is 10.4 Å². The summed E-state index contributed by atoms with van der Waals surface area (Å²) in [6, 6.07) is 21.0. The molecule has 0 fully saturated rings. The second-order valence-electron chi connectivity index (χ2n) is 6.66. The molecule has 160 valence electrons. The highest BCUT2D eigenvalue weighted by Gasteiger charge is 2.14. The fourth-order valence-corrected chi connectivity index (χ4v) is 3.97. The molecule has 0 atom stereocenters. The molecule has 4 aromatic rings. The average molecular weight is 483 g/mol. The van der Waals surface area contributed by atoms with E-state index < -0.39 is 0 Å². The van der Waals surface area contributed by atoms with Crippen LogP contribution in [-0.4, -0.2) is 27.4 Å². The minimum atomic E-state index is -0.328. The standard InChI is InChI=1S/C23H16Cl2N4O2S/c24-16-7-5-15(6-8-16)13-26-28-21(30)14-32-23-27-20-4-2-1-3-19(20)22(31)29(23)18-11-9-17(25)10-12-18/h1-13H,14H2,(H,28,30)/b26-13+. The number of thioether (sulfide) groups is 1. The van der Waals surface area contributed by atoms with E-state index in [1.54, 1.807) is 66.7 Å². The van der Waals surface area contributed by atoms with E-state index in [4.69, 9.17) is 23.2 Å². The van der Waals surface area contributed by atoms with E-state index in [0.717, 1.165) is 17.3 Å². The van der Waals surface area contributed by atoms with Crippen LogP contribution in [0, 0.1) is 0 Å². The van der Waals surface area contributed by atoms with Gasteiger partial charge < -0.3 is 0 Å². The lowest BCUT2D eigenvalue weighted by Crippen LogP contribution is -2.24. The Morgan fingerprint density at radius 2 is 1.66 bits per heavy atom. The highest BCUT2D eigenvalue weighted by Crippen LogP contribution is 2.22. The molecule has 4 rings (SSSR count). The largest absolute Gasteiger partial charge is 0.272 e. The van der Waals surface area contributed by atoms with Gasteiger partial charge in [0.1, 0.15) is 0 Å². The number of benzene rings is 3. The third-order valence-electron chi connectivity index (χ3n) is 4.43. The van der Waals surface area contributed by atoms with E-state index in [0.29, 0.717) is 31.8 Å². The molecule has 0 radical (unpaired) electrons. The normalized spacial score (nSPS) is 11.2. The number of fused-ring (bicyclic) bond motifs is 1. The molecule has 0 spiro atoms. The van der Waals surface area contributed by atoms with Gasteiger partial charge in [-0.15, -0.1) is 0 Å². The van der Waals surface area contributed by atoms with Crippen molar-refractivity contribution in [1.29, 1.82) is 0 Å². The van der Waals surface area contributed by atoms with Crippen molar-refractivity contribution in [3.8, 4) is 5.69 Å². The molecule has 0 aliphatic rings. The van der Waals surface area contributed by atoms with E-state index >= 15 is 0 Å². The van der Waals surface area contributed by atoms with Crippen molar-refractivity contribution in [3.05, 3.63) is 98.8 Å². The zero-order valence-corrected chi connectivity index (χ0v) is 18.9. The molecule has 1 N–H and O–H groups in total. The third kappa shape index (κ3) is 5.19. The Morgan fingerprint density at radius 3 is 2.38 bits per heavy atom. The van der Waals surface area contributed by atoms with Gasteiger partial charge in [-0.2, -0.15) is 5.10 Å². The summed E-state index contributed by atoms with van der Waals surface area (Å²) in [7, 11) is 0. The smallest absolute Gasteiger partial charge is 0.266 e. The van der Waals surface area contributed by atoms with E-state index in [1.807, 2.05) is 6.07 Å². The summed E-state index contributed by atoms with van der Waals surface area (Å²) in [5.41, 5.74) is 4.23. The summed E-state index contributed by atoms with van der Waals surface area (Å²) in [4.78, 5) is 30.1. The molecule has 1 heterocycles. The van der Waals surface area contributed by atoms with Crippen LogP contribution in [0.2, 0.25) is 10.0 Å². The number of nitrogens with zero attached hydrogens (tertiary/aromatic N) is 3. The minimum Gasteiger partial charge on any atom is -0.272 e. The summed E-state index contributed by atoms with van der Waals surface area (Å²) in [5, 5.41) is 6.02. The molecule has 0 unspecified atom stereocenters. The number of carbonyl (C=O) groups is 1. The zero-order chi connectivity index (χ0) is 22.5. The summed E-state index contributed by atoms with van der Waals surface area (Å²) in [6.45, 7) is 0. The van der Waals surface area contributed by atoms with Crippen LogP contribution in [0.1, 0.15) is 5.56 Å². The molecule has 0 aliphatic heterocycles. The first-order valence-corrected chi connectivity index (χ1v) is 11.2. The number of hydrazone groups is 1. The van der Waals surface area contributed by atoms with E-state index in [2.05, 4.69) is 15.5 Å². The van der Waals surface area contributed by atoms with Crippen LogP contribution in [0.25, 0.3) is 16.6 Å². The molecule has 0 bridgehead atoms. The fraction of sp³-hybridized carbons (Fsp3) is 0.0435. The van der Waals surface area contributed by atoms with Crippen LogP contribution in [0.3, 0.4) is 0 Å². The van der Waals surface area contributed by atoms with Crippen LogP contribution in [0.4, 0.5) is 0 Å². The molecule has 9 heteroatoms. The van der Waals surface area contributed by atoms with Gasteiger partial charge in [-0.3, -0.25) is 14.2 Å². The number of amides is 1. The van der Waals surface area contributed by atoms with Gasteiger partial charge in [-0.05, 0) is 54.1 Å². The molecule has 0 saturated carbocycles. The summed E-state index contributed by atoms with van der Waals surface area (Å²) in [5.74, 6) is -0.304. The fourth-order valence-electron chi connectivity index (χ4n) is 2.92. The monoisotopic (exact) mass is 482 g/mol. The van der Waals surface area contributed by atoms with Crippen molar-refractivity contribution >= 4 is 58.0 Å². The maximum atomic E-state index is 13.2. The summed E-state index contributed by atoms with van der Waals surface area (Å²) >= 11 is 13.0. The Hall–Kier alpha value is -3.13. The van der Waals surface area contributed by atoms with Gasteiger partial charge in [0.25, 0.3) is 11.5 Å². The van der Waals surface area contributed by atoms with Gasteiger partial charge in [0.2, 0.25) is 0 Å². The number of hydrogen-bond acceptors (Lipinski definition) is 5. The first-order valence-electron chi connectivity index (χ1n) is 9.49. The Balaban J connectivity index is 1.56. The van der Waals surface area contributed by atoms with Crippen molar-refractivity contribution in [2.75, 3.05) is 5.75 Å². The van der Waals surface area contributed by atoms with Crippen LogP contribution in [-0.2, 0) is 4.79 Å². The third-order valence-corrected chi connectivity index (χ3v) is 5.88. The van der Waals surface area contributed by atoms with Crippen LogP contribution < -0.4 is 11.0 Å². The maximum Gasteiger partial charge on any atom is 0.266 e. The van der Waals surface area contributed by atoms with Crippen LogP contribution in [0.5, 0.6) is 0 Å². The van der Waals surface area contributed by atoms with Crippen molar-refractivity contribution in [2.24, 2.45) is 5.10 Å². The molecule has 0 aliphatic carbocycles. The number of para-hydroxylation sites is 1. The van der Waals surface area contributed by atoms with Crippen molar-refractivity contribution in [1.82, 2.24) is 15.0 Å². The molecule has 32 heavy (non-hydrogen) atoms. The second-order valence-corrected chi connectivity index (χ2v) is 8.48. The Morgan fingerprint density at radius 1 is 1.00 bits per heavy atom. The quantitative estimate of drug-likeness (QED) is 0.183. The lowest BCUT2D eigenvalue weighted by atomic mass is 10.2. The number of aromatic nitrogens is 2. The second kappa shape index (κ2) is 9.99. The molecular weight excluding hydrogens is 467 g/mol. The van der Waals surface area contributed by atoms with Crippen molar-refractivity contribution in [3.63, 3.8) is 0 Å². The van der Waals surface area contributed by atoms with Gasteiger partial charge >= 0.3 is 0 Å². The SMILES string of the molecule is O=C(CSc1nc2ccccc2c(=O)n1-c1ccc(Cl)cc1)N/N=C/c1ccc(Cl)cc1. The summed E-state index contributed by atoms with van der Waals surface area (Å²) < 4.78 is 1.48. The zero-order valence-electron chi connectivity index (χ0n) is 16.5. The Kier molecular flexibility index (Phi) is 6.90. The molecule has 1 aromatic heterocycles. The number of rotatable bonds is 6. The number of hydrogen-bond donors (Lipinski definition) is 1. The van der Waals surface area contributed by atoms with E-state index in [1.165, 1.54) is 10.8 Å². The van der Waals surface area contributed by atoms with Crippen molar-refractivity contribution in [2.45, 2.75) is 5.16 Å². The predicted octanol–water partition coefficient (Wildman–Crippen LogP) is 4.93. The molecule has 6 nitrogen and oxygen atoms in total. The van der Waals surface area contributed by atoms with Gasteiger partial charge in [0.15, 0.2) is 5.16 Å². The lowest BCUT2D eigenvalue weighted by Gasteiger charge is -2.13. The number of nitrogens with one attached hydrogen (secondary N) is 1. The molecular formula is C23H16Cl2N4O2S. The minimum absolute atomic E-state index is 0.0241. The Bertz CT molecular complexity index is 1350. The highest BCUT2D eigenvalue weighted by molar-refractivity contribution is 7.99. The number of carbonyl (C=O) groups excluding carboxylic acids is 1. The topological polar surface area (TPSA) is 76.3 Å².